The summed E-state index contributed by atoms with van der Waals surface area (Å²) in [6, 6.07) is 0. The van der Waals surface area contributed by atoms with E-state index >= 15 is 0 Å². The number of aryl methyl sites for hydroxylation is 1. The molecule has 0 atom stereocenters. The maximum atomic E-state index is 11.2. The van der Waals surface area contributed by atoms with E-state index in [1.807, 2.05) is 0 Å². The van der Waals surface area contributed by atoms with Crippen LogP contribution in [0.15, 0.2) is 6.20 Å². The van der Waals surface area contributed by atoms with Crippen LogP contribution in [-0.4, -0.2) is 62.7 Å². The molecule has 19 heavy (non-hydrogen) atoms. The number of piperazine rings is 1. The molecule has 1 aromatic rings. The Kier molecular flexibility index (Phi) is 3.84. The lowest BCUT2D eigenvalue weighted by molar-refractivity contribution is -0.130. The second-order valence-electron chi connectivity index (χ2n) is 4.72. The van der Waals surface area contributed by atoms with Gasteiger partial charge in [-0.05, 0) is 0 Å². The maximum Gasteiger partial charge on any atom is 0.339 e. The molecule has 1 N–H and O–H groups in total. The number of aromatic nitrogens is 2. The number of amides is 1. The number of aromatic carboxylic acids is 1. The monoisotopic (exact) mass is 266 g/mol. The van der Waals surface area contributed by atoms with Crippen LogP contribution < -0.4 is 0 Å². The molecule has 0 bridgehead atoms. The zero-order valence-corrected chi connectivity index (χ0v) is 11.2. The van der Waals surface area contributed by atoms with E-state index in [0.717, 1.165) is 13.1 Å². The van der Waals surface area contributed by atoms with Gasteiger partial charge in [-0.15, -0.1) is 0 Å². The summed E-state index contributed by atoms with van der Waals surface area (Å²) in [7, 11) is 1.74. The van der Waals surface area contributed by atoms with Crippen molar-refractivity contribution in [2.75, 3.05) is 26.2 Å². The molecular formula is C12H18N4O3. The first kappa shape index (κ1) is 13.5. The molecule has 0 saturated carbocycles. The molecule has 0 radical (unpaired) electrons. The summed E-state index contributed by atoms with van der Waals surface area (Å²) in [6.45, 7) is 5.00. The molecule has 0 aromatic carbocycles. The van der Waals surface area contributed by atoms with Crippen LogP contribution in [0.3, 0.4) is 0 Å². The summed E-state index contributed by atoms with van der Waals surface area (Å²) in [5.74, 6) is -0.864. The predicted octanol–water partition coefficient (Wildman–Crippen LogP) is -0.218. The smallest absolute Gasteiger partial charge is 0.339 e. The van der Waals surface area contributed by atoms with Crippen molar-refractivity contribution < 1.29 is 14.7 Å². The van der Waals surface area contributed by atoms with Crippen LogP contribution in [0.1, 0.15) is 23.0 Å². The van der Waals surface area contributed by atoms with E-state index in [-0.39, 0.29) is 11.5 Å². The quantitative estimate of drug-likeness (QED) is 0.818. The molecular weight excluding hydrogens is 248 g/mol. The van der Waals surface area contributed by atoms with Gasteiger partial charge in [0.1, 0.15) is 5.56 Å². The van der Waals surface area contributed by atoms with Gasteiger partial charge in [-0.2, -0.15) is 5.10 Å². The average Bonchev–Trinajstić information content (AvgIpc) is 2.72. The Labute approximate surface area is 111 Å². The Hall–Kier alpha value is -1.89. The number of hydrogen-bond donors (Lipinski definition) is 1. The molecule has 0 spiro atoms. The third-order valence-electron chi connectivity index (χ3n) is 3.48. The van der Waals surface area contributed by atoms with Crippen LogP contribution in [-0.2, 0) is 18.4 Å². The highest BCUT2D eigenvalue weighted by molar-refractivity contribution is 5.88. The molecule has 7 nitrogen and oxygen atoms in total. The third-order valence-corrected chi connectivity index (χ3v) is 3.48. The van der Waals surface area contributed by atoms with Gasteiger partial charge in [0.15, 0.2) is 0 Å². The van der Waals surface area contributed by atoms with Crippen molar-refractivity contribution in [1.29, 1.82) is 0 Å². The fourth-order valence-electron chi connectivity index (χ4n) is 2.26. The van der Waals surface area contributed by atoms with Crippen molar-refractivity contribution in [3.8, 4) is 0 Å². The molecule has 2 heterocycles. The summed E-state index contributed by atoms with van der Waals surface area (Å²) < 4.78 is 1.60. The number of hydrogen-bond acceptors (Lipinski definition) is 4. The first-order valence-corrected chi connectivity index (χ1v) is 6.21. The van der Waals surface area contributed by atoms with E-state index in [0.29, 0.717) is 25.3 Å². The van der Waals surface area contributed by atoms with E-state index in [1.54, 1.807) is 23.6 Å². The standard InChI is InChI=1S/C12H18N4O3/c1-9(17)16-5-3-15(4-6-16)8-11-10(12(18)19)7-13-14(11)2/h7H,3-6,8H2,1-2H3,(H,18,19). The molecule has 104 valence electrons. The fraction of sp³-hybridized carbons (Fsp3) is 0.583. The van der Waals surface area contributed by atoms with Gasteiger partial charge in [-0.1, -0.05) is 0 Å². The molecule has 2 rings (SSSR count). The molecule has 1 saturated heterocycles. The average molecular weight is 266 g/mol. The Morgan fingerprint density at radius 3 is 2.47 bits per heavy atom. The molecule has 0 aliphatic carbocycles. The van der Waals surface area contributed by atoms with Gasteiger partial charge in [0.25, 0.3) is 0 Å². The van der Waals surface area contributed by atoms with Crippen LogP contribution >= 0.6 is 0 Å². The van der Waals surface area contributed by atoms with Gasteiger partial charge in [0.2, 0.25) is 5.91 Å². The Morgan fingerprint density at radius 1 is 1.32 bits per heavy atom. The lowest BCUT2D eigenvalue weighted by Gasteiger charge is -2.34. The summed E-state index contributed by atoms with van der Waals surface area (Å²) in [5.41, 5.74) is 0.945. The molecule has 1 aromatic heterocycles. The molecule has 1 aliphatic heterocycles. The zero-order chi connectivity index (χ0) is 14.0. The summed E-state index contributed by atoms with van der Waals surface area (Å²) in [6.07, 6.45) is 1.38. The fourth-order valence-corrected chi connectivity index (χ4v) is 2.26. The van der Waals surface area contributed by atoms with Crippen LogP contribution in [0, 0.1) is 0 Å². The van der Waals surface area contributed by atoms with Crippen LogP contribution in [0.2, 0.25) is 0 Å². The van der Waals surface area contributed by atoms with Gasteiger partial charge in [0, 0.05) is 46.7 Å². The molecule has 1 fully saturated rings. The second-order valence-corrected chi connectivity index (χ2v) is 4.72. The lowest BCUT2D eigenvalue weighted by Crippen LogP contribution is -2.47. The van der Waals surface area contributed by atoms with E-state index in [4.69, 9.17) is 5.11 Å². The number of carboxylic acid groups (broad SMARTS) is 1. The maximum absolute atomic E-state index is 11.2. The van der Waals surface area contributed by atoms with Gasteiger partial charge in [-0.3, -0.25) is 14.4 Å². The minimum Gasteiger partial charge on any atom is -0.478 e. The first-order valence-electron chi connectivity index (χ1n) is 6.21. The van der Waals surface area contributed by atoms with Crippen molar-refractivity contribution in [3.05, 3.63) is 17.5 Å². The molecule has 1 aliphatic rings. The first-order chi connectivity index (χ1) is 8.99. The van der Waals surface area contributed by atoms with E-state index in [2.05, 4.69) is 10.00 Å². The summed E-state index contributed by atoms with van der Waals surface area (Å²) in [4.78, 5) is 26.3. The zero-order valence-electron chi connectivity index (χ0n) is 11.2. The number of carbonyl (C=O) groups excluding carboxylic acids is 1. The Morgan fingerprint density at radius 2 is 1.95 bits per heavy atom. The number of nitrogens with zero attached hydrogens (tertiary/aromatic N) is 4. The molecule has 1 amide bonds. The minimum atomic E-state index is -0.953. The Bertz CT molecular complexity index is 489. The highest BCUT2D eigenvalue weighted by Gasteiger charge is 2.22. The van der Waals surface area contributed by atoms with Gasteiger partial charge in [0.05, 0.1) is 11.9 Å². The number of carbonyl (C=O) groups is 2. The lowest BCUT2D eigenvalue weighted by atomic mass is 10.2. The second kappa shape index (κ2) is 5.40. The van der Waals surface area contributed by atoms with Crippen LogP contribution in [0.4, 0.5) is 0 Å². The van der Waals surface area contributed by atoms with Gasteiger partial charge in [-0.25, -0.2) is 4.79 Å². The van der Waals surface area contributed by atoms with Gasteiger partial charge < -0.3 is 10.0 Å². The van der Waals surface area contributed by atoms with Gasteiger partial charge >= 0.3 is 5.97 Å². The third kappa shape index (κ3) is 2.93. The highest BCUT2D eigenvalue weighted by Crippen LogP contribution is 2.12. The summed E-state index contributed by atoms with van der Waals surface area (Å²) in [5, 5.41) is 13.1. The van der Waals surface area contributed by atoms with Crippen LogP contribution in [0.25, 0.3) is 0 Å². The normalized spacial score (nSPS) is 16.6. The van der Waals surface area contributed by atoms with Crippen molar-refractivity contribution in [2.45, 2.75) is 13.5 Å². The van der Waals surface area contributed by atoms with Crippen molar-refractivity contribution in [2.24, 2.45) is 7.05 Å². The topological polar surface area (TPSA) is 78.7 Å². The van der Waals surface area contributed by atoms with Crippen molar-refractivity contribution >= 4 is 11.9 Å². The Balaban J connectivity index is 2.01. The molecule has 0 unspecified atom stereocenters. The van der Waals surface area contributed by atoms with Crippen LogP contribution in [0.5, 0.6) is 0 Å². The molecule has 7 heteroatoms. The van der Waals surface area contributed by atoms with Crippen molar-refractivity contribution in [1.82, 2.24) is 19.6 Å². The minimum absolute atomic E-state index is 0.0893. The summed E-state index contributed by atoms with van der Waals surface area (Å²) >= 11 is 0. The predicted molar refractivity (Wildman–Crippen MR) is 67.7 cm³/mol. The SMILES string of the molecule is CC(=O)N1CCN(Cc2c(C(=O)O)cnn2C)CC1. The van der Waals surface area contributed by atoms with E-state index in [9.17, 15) is 9.59 Å². The highest BCUT2D eigenvalue weighted by atomic mass is 16.4. The largest absolute Gasteiger partial charge is 0.478 e. The van der Waals surface area contributed by atoms with Crippen molar-refractivity contribution in [3.63, 3.8) is 0 Å². The number of carboxylic acids is 1. The van der Waals surface area contributed by atoms with E-state index in [1.165, 1.54) is 6.20 Å². The van der Waals surface area contributed by atoms with E-state index < -0.39 is 5.97 Å². The number of rotatable bonds is 3.